The summed E-state index contributed by atoms with van der Waals surface area (Å²) in [5.41, 5.74) is -0.0495. The third-order valence-electron chi connectivity index (χ3n) is 2.26. The van der Waals surface area contributed by atoms with E-state index in [1.165, 1.54) is 30.7 Å². The molecule has 0 amide bonds. The predicted molar refractivity (Wildman–Crippen MR) is 60.9 cm³/mol. The Bertz CT molecular complexity index is 621. The van der Waals surface area contributed by atoms with Gasteiger partial charge in [-0.3, -0.25) is 0 Å². The molecule has 0 unspecified atom stereocenters. The molecule has 0 aliphatic heterocycles. The van der Waals surface area contributed by atoms with Gasteiger partial charge in [0.05, 0.1) is 6.26 Å². The summed E-state index contributed by atoms with van der Waals surface area (Å²) in [5.74, 6) is -1.58. The molecule has 0 bridgehead atoms. The second-order valence-electron chi connectivity index (χ2n) is 3.43. The van der Waals surface area contributed by atoms with Gasteiger partial charge in [-0.2, -0.15) is 0 Å². The Hall–Kier alpha value is -2.90. The Morgan fingerprint density at radius 1 is 1.53 bits per heavy atom. The Morgan fingerprint density at radius 3 is 3.00 bits per heavy atom. The quantitative estimate of drug-likeness (QED) is 0.647. The third-order valence-corrected chi connectivity index (χ3v) is 2.26. The summed E-state index contributed by atoms with van der Waals surface area (Å²) < 4.78 is 10.1. The molecule has 0 fully saturated rings. The minimum atomic E-state index is -1.16. The van der Waals surface area contributed by atoms with E-state index in [1.807, 2.05) is 0 Å². The van der Waals surface area contributed by atoms with Crippen molar-refractivity contribution in [1.82, 2.24) is 4.98 Å². The number of nitro groups is 1. The van der Waals surface area contributed by atoms with Crippen molar-refractivity contribution in [3.8, 4) is 5.75 Å². The number of hydrogen-bond donors (Lipinski definition) is 1. The number of pyridine rings is 1. The number of furan rings is 1. The highest BCUT2D eigenvalue weighted by atomic mass is 16.6. The summed E-state index contributed by atoms with van der Waals surface area (Å²) >= 11 is 0. The highest BCUT2D eigenvalue weighted by Gasteiger charge is 2.18. The highest BCUT2D eigenvalue weighted by molar-refractivity contribution is 5.88. The largest absolute Gasteiger partial charge is 0.478 e. The van der Waals surface area contributed by atoms with Crippen molar-refractivity contribution in [3.05, 3.63) is 52.1 Å². The number of carboxylic acid groups (broad SMARTS) is 1. The second-order valence-corrected chi connectivity index (χ2v) is 3.43. The van der Waals surface area contributed by atoms with Crippen molar-refractivity contribution in [1.29, 1.82) is 0 Å². The van der Waals surface area contributed by atoms with Gasteiger partial charge < -0.3 is 24.4 Å². The minimum Gasteiger partial charge on any atom is -0.478 e. The van der Waals surface area contributed by atoms with Gasteiger partial charge in [-0.1, -0.05) is 0 Å². The zero-order chi connectivity index (χ0) is 13.8. The summed E-state index contributed by atoms with van der Waals surface area (Å²) in [7, 11) is 0. The van der Waals surface area contributed by atoms with Crippen LogP contribution in [0.3, 0.4) is 0 Å². The number of carbonyl (C=O) groups is 1. The fourth-order valence-electron chi connectivity index (χ4n) is 1.42. The van der Waals surface area contributed by atoms with Gasteiger partial charge >= 0.3 is 11.8 Å². The maximum atomic E-state index is 10.8. The predicted octanol–water partition coefficient (Wildman–Crippen LogP) is 1.86. The molecule has 1 N–H and O–H groups in total. The SMILES string of the molecule is O=C(O)c1ccoc1COc1cccnc1[N+](=O)[O-]. The van der Waals surface area contributed by atoms with Crippen LogP contribution in [0.4, 0.5) is 5.82 Å². The molecule has 0 aliphatic carbocycles. The van der Waals surface area contributed by atoms with E-state index >= 15 is 0 Å². The average molecular weight is 264 g/mol. The molecule has 0 spiro atoms. The lowest BCUT2D eigenvalue weighted by Crippen LogP contribution is -2.04. The Labute approximate surface area is 106 Å². The molecule has 0 saturated carbocycles. The second kappa shape index (κ2) is 5.17. The maximum absolute atomic E-state index is 10.8. The average Bonchev–Trinajstić information content (AvgIpc) is 2.85. The van der Waals surface area contributed by atoms with Crippen LogP contribution in [0, 0.1) is 10.1 Å². The van der Waals surface area contributed by atoms with Gasteiger partial charge in [0.1, 0.15) is 18.4 Å². The van der Waals surface area contributed by atoms with Gasteiger partial charge in [-0.05, 0) is 28.1 Å². The molecule has 8 heteroatoms. The first kappa shape index (κ1) is 12.6. The zero-order valence-corrected chi connectivity index (χ0v) is 9.48. The van der Waals surface area contributed by atoms with Gasteiger partial charge in [0.15, 0.2) is 5.76 Å². The molecule has 0 radical (unpaired) electrons. The van der Waals surface area contributed by atoms with E-state index in [0.29, 0.717) is 0 Å². The fourth-order valence-corrected chi connectivity index (χ4v) is 1.42. The van der Waals surface area contributed by atoms with Gasteiger partial charge in [-0.25, -0.2) is 4.79 Å². The van der Waals surface area contributed by atoms with Gasteiger partial charge in [0, 0.05) is 0 Å². The first-order chi connectivity index (χ1) is 9.09. The standard InChI is InChI=1S/C11H8N2O6/c14-11(15)7-3-5-18-9(7)6-19-8-2-1-4-12-10(8)13(16)17/h1-5H,6H2,(H,14,15). The molecule has 2 rings (SSSR count). The minimum absolute atomic E-state index is 0.0495. The molecule has 0 aliphatic rings. The van der Waals surface area contributed by atoms with Gasteiger partial charge in [-0.15, -0.1) is 0 Å². The normalized spacial score (nSPS) is 10.1. The van der Waals surface area contributed by atoms with Crippen molar-refractivity contribution >= 4 is 11.8 Å². The number of ether oxygens (including phenoxy) is 1. The van der Waals surface area contributed by atoms with Crippen LogP contribution >= 0.6 is 0 Å². The van der Waals surface area contributed by atoms with Crippen LogP contribution in [0.2, 0.25) is 0 Å². The van der Waals surface area contributed by atoms with Crippen LogP contribution in [-0.2, 0) is 6.61 Å². The molecule has 0 aromatic carbocycles. The number of aromatic carboxylic acids is 1. The third kappa shape index (κ3) is 2.68. The molecule has 8 nitrogen and oxygen atoms in total. The molecule has 2 heterocycles. The van der Waals surface area contributed by atoms with Crippen molar-refractivity contribution in [3.63, 3.8) is 0 Å². The summed E-state index contributed by atoms with van der Waals surface area (Å²) in [4.78, 5) is 24.4. The van der Waals surface area contributed by atoms with E-state index < -0.39 is 16.7 Å². The fraction of sp³-hybridized carbons (Fsp3) is 0.0909. The molecular weight excluding hydrogens is 256 g/mol. The number of hydrogen-bond acceptors (Lipinski definition) is 6. The topological polar surface area (TPSA) is 116 Å². The monoisotopic (exact) mass is 264 g/mol. The molecular formula is C11H8N2O6. The number of rotatable bonds is 5. The lowest BCUT2D eigenvalue weighted by atomic mass is 10.2. The Balaban J connectivity index is 2.17. The molecule has 2 aromatic rings. The first-order valence-corrected chi connectivity index (χ1v) is 5.11. The number of carboxylic acids is 1. The number of nitrogens with zero attached hydrogens (tertiary/aromatic N) is 2. The summed E-state index contributed by atoms with van der Waals surface area (Å²) in [6, 6.07) is 4.12. The van der Waals surface area contributed by atoms with Crippen LogP contribution in [0.1, 0.15) is 16.1 Å². The van der Waals surface area contributed by atoms with Crippen molar-refractivity contribution in [2.75, 3.05) is 0 Å². The van der Waals surface area contributed by atoms with Gasteiger partial charge in [0.2, 0.25) is 5.75 Å². The van der Waals surface area contributed by atoms with E-state index in [9.17, 15) is 14.9 Å². The lowest BCUT2D eigenvalue weighted by molar-refractivity contribution is -0.390. The first-order valence-electron chi connectivity index (χ1n) is 5.11. The van der Waals surface area contributed by atoms with E-state index in [1.54, 1.807) is 0 Å². The number of aromatic nitrogens is 1. The van der Waals surface area contributed by atoms with E-state index in [-0.39, 0.29) is 23.7 Å². The molecule has 98 valence electrons. The van der Waals surface area contributed by atoms with Crippen LogP contribution in [0.5, 0.6) is 5.75 Å². The van der Waals surface area contributed by atoms with Crippen LogP contribution in [0.15, 0.2) is 35.1 Å². The smallest absolute Gasteiger partial charge is 0.406 e. The molecule has 19 heavy (non-hydrogen) atoms. The van der Waals surface area contributed by atoms with Gasteiger partial charge in [0.25, 0.3) is 0 Å². The van der Waals surface area contributed by atoms with Crippen LogP contribution in [-0.4, -0.2) is 21.0 Å². The molecule has 0 atom stereocenters. The summed E-state index contributed by atoms with van der Waals surface area (Å²) in [5, 5.41) is 19.6. The zero-order valence-electron chi connectivity index (χ0n) is 9.48. The van der Waals surface area contributed by atoms with E-state index in [4.69, 9.17) is 14.3 Å². The van der Waals surface area contributed by atoms with Crippen LogP contribution in [0.25, 0.3) is 0 Å². The van der Waals surface area contributed by atoms with E-state index in [2.05, 4.69) is 4.98 Å². The Kier molecular flexibility index (Phi) is 3.42. The molecule has 2 aromatic heterocycles. The van der Waals surface area contributed by atoms with Crippen molar-refractivity contribution in [2.45, 2.75) is 6.61 Å². The van der Waals surface area contributed by atoms with Crippen molar-refractivity contribution in [2.24, 2.45) is 0 Å². The van der Waals surface area contributed by atoms with Crippen LogP contribution < -0.4 is 4.74 Å². The summed E-state index contributed by atoms with van der Waals surface area (Å²) in [6.07, 6.45) is 2.47. The summed E-state index contributed by atoms with van der Waals surface area (Å²) in [6.45, 7) is -0.235. The highest BCUT2D eigenvalue weighted by Crippen LogP contribution is 2.24. The van der Waals surface area contributed by atoms with E-state index in [0.717, 1.165) is 0 Å². The van der Waals surface area contributed by atoms with Crippen molar-refractivity contribution < 1.29 is 24.0 Å². The Morgan fingerprint density at radius 2 is 2.32 bits per heavy atom. The molecule has 0 saturated heterocycles. The lowest BCUT2D eigenvalue weighted by Gasteiger charge is -2.04. The maximum Gasteiger partial charge on any atom is 0.406 e.